The van der Waals surface area contributed by atoms with Gasteiger partial charge in [0.15, 0.2) is 0 Å². The summed E-state index contributed by atoms with van der Waals surface area (Å²) in [5.41, 5.74) is 2.16. The fourth-order valence-corrected chi connectivity index (χ4v) is 3.01. The van der Waals surface area contributed by atoms with E-state index in [9.17, 15) is 4.79 Å². The van der Waals surface area contributed by atoms with Crippen molar-refractivity contribution in [2.75, 3.05) is 18.5 Å². The van der Waals surface area contributed by atoms with E-state index in [-0.39, 0.29) is 5.91 Å². The molecule has 1 amide bonds. The topological polar surface area (TPSA) is 47.6 Å². The Balaban J connectivity index is 2.14. The first kappa shape index (κ1) is 17.8. The molecule has 1 atom stereocenters. The number of carbonyl (C=O) groups is 1. The van der Waals surface area contributed by atoms with Gasteiger partial charge in [-0.25, -0.2) is 0 Å². The molecule has 1 saturated carbocycles. The molecule has 0 bridgehead atoms. The van der Waals surface area contributed by atoms with Crippen LogP contribution in [0.5, 0.6) is 5.75 Å². The number of rotatable bonds is 8. The lowest BCUT2D eigenvalue weighted by atomic mass is 9.98. The highest BCUT2D eigenvalue weighted by Crippen LogP contribution is 2.42. The van der Waals surface area contributed by atoms with E-state index in [0.717, 1.165) is 41.8 Å². The minimum absolute atomic E-state index is 0.0529. The lowest BCUT2D eigenvalue weighted by molar-refractivity contribution is -0.141. The SMILES string of the molecule is CCCOc1c(C)cc(NC(=O)[C@](C)(OCC)C2CC2)cc1C. The predicted octanol–water partition coefficient (Wildman–Crippen LogP) is 4.24. The summed E-state index contributed by atoms with van der Waals surface area (Å²) in [5.74, 6) is 1.19. The van der Waals surface area contributed by atoms with E-state index in [1.54, 1.807) is 0 Å². The average molecular weight is 319 g/mol. The molecule has 0 unspecified atom stereocenters. The van der Waals surface area contributed by atoms with Crippen molar-refractivity contribution in [2.24, 2.45) is 5.92 Å². The molecule has 2 rings (SSSR count). The molecule has 23 heavy (non-hydrogen) atoms. The quantitative estimate of drug-likeness (QED) is 0.780. The molecule has 4 nitrogen and oxygen atoms in total. The van der Waals surface area contributed by atoms with Crippen LogP contribution in [-0.2, 0) is 9.53 Å². The Morgan fingerprint density at radius 3 is 2.35 bits per heavy atom. The number of hydrogen-bond donors (Lipinski definition) is 1. The summed E-state index contributed by atoms with van der Waals surface area (Å²) in [6.07, 6.45) is 3.10. The summed E-state index contributed by atoms with van der Waals surface area (Å²) in [4.78, 5) is 12.7. The van der Waals surface area contributed by atoms with E-state index in [2.05, 4.69) is 12.2 Å². The van der Waals surface area contributed by atoms with Gasteiger partial charge in [-0.1, -0.05) is 6.92 Å². The number of ether oxygens (including phenoxy) is 2. The highest BCUT2D eigenvalue weighted by atomic mass is 16.5. The van der Waals surface area contributed by atoms with Gasteiger partial charge in [0.25, 0.3) is 5.91 Å². The van der Waals surface area contributed by atoms with Crippen molar-refractivity contribution < 1.29 is 14.3 Å². The number of nitrogens with one attached hydrogen (secondary N) is 1. The van der Waals surface area contributed by atoms with E-state index >= 15 is 0 Å². The third-order valence-electron chi connectivity index (χ3n) is 4.42. The number of amides is 1. The predicted molar refractivity (Wildman–Crippen MR) is 93.1 cm³/mol. The zero-order valence-corrected chi connectivity index (χ0v) is 15.0. The Kier molecular flexibility index (Phi) is 5.69. The monoisotopic (exact) mass is 319 g/mol. The van der Waals surface area contributed by atoms with E-state index in [0.29, 0.717) is 19.1 Å². The van der Waals surface area contributed by atoms with Gasteiger partial charge in [0, 0.05) is 12.3 Å². The van der Waals surface area contributed by atoms with E-state index in [1.807, 2.05) is 39.8 Å². The molecule has 1 N–H and O–H groups in total. The maximum atomic E-state index is 12.7. The van der Waals surface area contributed by atoms with Crippen molar-refractivity contribution in [3.63, 3.8) is 0 Å². The van der Waals surface area contributed by atoms with Gasteiger partial charge in [0.05, 0.1) is 6.61 Å². The van der Waals surface area contributed by atoms with Crippen LogP contribution in [0.15, 0.2) is 12.1 Å². The minimum atomic E-state index is -0.728. The molecular formula is C19H29NO3. The van der Waals surface area contributed by atoms with Crippen LogP contribution in [0.3, 0.4) is 0 Å². The van der Waals surface area contributed by atoms with Gasteiger partial charge in [-0.3, -0.25) is 4.79 Å². The number of aryl methyl sites for hydroxylation is 2. The molecule has 1 aliphatic carbocycles. The Labute approximate surface area is 139 Å². The molecule has 1 fully saturated rings. The van der Waals surface area contributed by atoms with Gasteiger partial charge in [0.1, 0.15) is 11.4 Å². The first-order valence-corrected chi connectivity index (χ1v) is 8.61. The fourth-order valence-electron chi connectivity index (χ4n) is 3.01. The molecule has 0 heterocycles. The van der Waals surface area contributed by atoms with Gasteiger partial charge < -0.3 is 14.8 Å². The molecule has 0 aliphatic heterocycles. The Hall–Kier alpha value is -1.55. The molecular weight excluding hydrogens is 290 g/mol. The molecule has 128 valence electrons. The van der Waals surface area contributed by atoms with Crippen molar-refractivity contribution in [3.05, 3.63) is 23.3 Å². The highest BCUT2D eigenvalue weighted by Gasteiger charge is 2.48. The first-order valence-electron chi connectivity index (χ1n) is 8.61. The fraction of sp³-hybridized carbons (Fsp3) is 0.632. The van der Waals surface area contributed by atoms with Gasteiger partial charge in [-0.2, -0.15) is 0 Å². The van der Waals surface area contributed by atoms with Crippen LogP contribution in [0, 0.1) is 19.8 Å². The number of anilines is 1. The normalized spacial score (nSPS) is 16.7. The van der Waals surface area contributed by atoms with Crippen molar-refractivity contribution in [1.82, 2.24) is 0 Å². The second kappa shape index (κ2) is 7.35. The van der Waals surface area contributed by atoms with Crippen LogP contribution < -0.4 is 10.1 Å². The van der Waals surface area contributed by atoms with Crippen LogP contribution in [0.1, 0.15) is 51.2 Å². The summed E-state index contributed by atoms with van der Waals surface area (Å²) < 4.78 is 11.6. The molecule has 0 spiro atoms. The summed E-state index contributed by atoms with van der Waals surface area (Å²) in [6.45, 7) is 11.2. The summed E-state index contributed by atoms with van der Waals surface area (Å²) >= 11 is 0. The molecule has 1 aromatic rings. The van der Waals surface area contributed by atoms with Crippen LogP contribution in [0.2, 0.25) is 0 Å². The number of hydrogen-bond acceptors (Lipinski definition) is 3. The van der Waals surface area contributed by atoms with E-state index < -0.39 is 5.60 Å². The standard InChI is InChI=1S/C19H29NO3/c1-6-10-22-17-13(3)11-16(12-14(17)4)20-18(21)19(5,23-7-2)15-8-9-15/h11-12,15H,6-10H2,1-5H3,(H,20,21)/t19-/m1/s1. The lowest BCUT2D eigenvalue weighted by Gasteiger charge is -2.28. The summed E-state index contributed by atoms with van der Waals surface area (Å²) in [6, 6.07) is 3.93. The Bertz CT molecular complexity index is 543. The lowest BCUT2D eigenvalue weighted by Crippen LogP contribution is -2.44. The zero-order chi connectivity index (χ0) is 17.0. The molecule has 0 saturated heterocycles. The highest BCUT2D eigenvalue weighted by molar-refractivity contribution is 5.97. The molecule has 1 aromatic carbocycles. The van der Waals surface area contributed by atoms with E-state index in [1.165, 1.54) is 0 Å². The maximum absolute atomic E-state index is 12.7. The second-order valence-corrected chi connectivity index (χ2v) is 6.56. The van der Waals surface area contributed by atoms with Gasteiger partial charge in [-0.15, -0.1) is 0 Å². The molecule has 0 radical (unpaired) electrons. The Morgan fingerprint density at radius 2 is 1.87 bits per heavy atom. The molecule has 1 aliphatic rings. The van der Waals surface area contributed by atoms with E-state index in [4.69, 9.17) is 9.47 Å². The zero-order valence-electron chi connectivity index (χ0n) is 15.0. The molecule has 4 heteroatoms. The third kappa shape index (κ3) is 4.05. The van der Waals surface area contributed by atoms with Crippen LogP contribution in [-0.4, -0.2) is 24.7 Å². The van der Waals surface area contributed by atoms with Crippen LogP contribution >= 0.6 is 0 Å². The minimum Gasteiger partial charge on any atom is -0.493 e. The van der Waals surface area contributed by atoms with Crippen LogP contribution in [0.4, 0.5) is 5.69 Å². The summed E-state index contributed by atoms with van der Waals surface area (Å²) in [5, 5.41) is 3.03. The number of benzene rings is 1. The third-order valence-corrected chi connectivity index (χ3v) is 4.42. The first-order chi connectivity index (χ1) is 10.9. The largest absolute Gasteiger partial charge is 0.493 e. The smallest absolute Gasteiger partial charge is 0.256 e. The van der Waals surface area contributed by atoms with Crippen molar-refractivity contribution >= 4 is 11.6 Å². The second-order valence-electron chi connectivity index (χ2n) is 6.56. The van der Waals surface area contributed by atoms with Gasteiger partial charge >= 0.3 is 0 Å². The number of carbonyl (C=O) groups excluding carboxylic acids is 1. The average Bonchev–Trinajstić information content (AvgIpc) is 3.31. The van der Waals surface area contributed by atoms with Gasteiger partial charge in [0.2, 0.25) is 0 Å². The summed E-state index contributed by atoms with van der Waals surface area (Å²) in [7, 11) is 0. The molecule has 0 aromatic heterocycles. The van der Waals surface area contributed by atoms with Crippen molar-refractivity contribution in [1.29, 1.82) is 0 Å². The van der Waals surface area contributed by atoms with Crippen molar-refractivity contribution in [2.45, 2.75) is 59.5 Å². The maximum Gasteiger partial charge on any atom is 0.256 e. The van der Waals surface area contributed by atoms with Crippen molar-refractivity contribution in [3.8, 4) is 5.75 Å². The Morgan fingerprint density at radius 1 is 1.26 bits per heavy atom. The van der Waals surface area contributed by atoms with Gasteiger partial charge in [-0.05, 0) is 76.1 Å². The van der Waals surface area contributed by atoms with Crippen LogP contribution in [0.25, 0.3) is 0 Å².